The molecule has 1 amide bonds. The molecule has 29 heavy (non-hydrogen) atoms. The van der Waals surface area contributed by atoms with E-state index in [1.807, 2.05) is 49.4 Å². The number of imidazole rings is 1. The number of aryl methyl sites for hydroxylation is 2. The van der Waals surface area contributed by atoms with Crippen LogP contribution in [0.5, 0.6) is 0 Å². The van der Waals surface area contributed by atoms with Crippen LogP contribution in [0.2, 0.25) is 0 Å². The summed E-state index contributed by atoms with van der Waals surface area (Å²) in [4.78, 5) is 29.1. The number of carbonyl (C=O) groups is 1. The number of fused-ring (bicyclic) bond motifs is 1. The fraction of sp³-hybridized carbons (Fsp3) is 0.182. The molecule has 4 rings (SSSR count). The number of nitrogens with zero attached hydrogens (tertiary/aromatic N) is 4. The molecule has 2 aromatic carbocycles. The molecule has 4 aromatic rings. The number of nitrogens with one attached hydrogen (secondary N) is 1. The summed E-state index contributed by atoms with van der Waals surface area (Å²) in [5.41, 5.74) is 2.61. The second kappa shape index (κ2) is 8.10. The smallest absolute Gasteiger partial charge is 0.271 e. The second-order valence-electron chi connectivity index (χ2n) is 6.71. The zero-order valence-corrected chi connectivity index (χ0v) is 16.1. The number of carbonyl (C=O) groups excluding carboxylic acids is 1. The number of benzene rings is 2. The van der Waals surface area contributed by atoms with E-state index in [-0.39, 0.29) is 17.2 Å². The number of hydrogen-bond acceptors (Lipinski definition) is 4. The topological polar surface area (TPSA) is 81.8 Å². The summed E-state index contributed by atoms with van der Waals surface area (Å²) in [6.07, 6.45) is 0.755. The largest absolute Gasteiger partial charge is 0.351 e. The molecule has 0 aliphatic rings. The Morgan fingerprint density at radius 2 is 1.76 bits per heavy atom. The minimum Gasteiger partial charge on any atom is -0.351 e. The minimum absolute atomic E-state index is 0.206. The third-order valence-corrected chi connectivity index (χ3v) is 4.72. The van der Waals surface area contributed by atoms with Crippen LogP contribution in [0.25, 0.3) is 16.7 Å². The number of para-hydroxylation sites is 3. The number of hydrogen-bond donors (Lipinski definition) is 1. The van der Waals surface area contributed by atoms with E-state index in [2.05, 4.69) is 20.0 Å². The van der Waals surface area contributed by atoms with Crippen LogP contribution in [0.3, 0.4) is 0 Å². The van der Waals surface area contributed by atoms with Gasteiger partial charge in [0.05, 0.1) is 16.7 Å². The molecule has 0 aliphatic heterocycles. The zero-order chi connectivity index (χ0) is 20.2. The predicted octanol–water partition coefficient (Wildman–Crippen LogP) is 2.71. The van der Waals surface area contributed by atoms with Crippen LogP contribution in [-0.2, 0) is 6.54 Å². The molecule has 2 aromatic heterocycles. The molecule has 0 unspecified atom stereocenters. The van der Waals surface area contributed by atoms with Crippen molar-refractivity contribution >= 4 is 16.9 Å². The summed E-state index contributed by atoms with van der Waals surface area (Å²) in [7, 11) is 0. The lowest BCUT2D eigenvalue weighted by atomic mass is 10.3. The van der Waals surface area contributed by atoms with E-state index in [0.717, 1.165) is 29.8 Å². The molecule has 0 fully saturated rings. The van der Waals surface area contributed by atoms with Gasteiger partial charge in [-0.25, -0.2) is 4.98 Å². The third kappa shape index (κ3) is 3.94. The normalized spacial score (nSPS) is 10.9. The fourth-order valence-electron chi connectivity index (χ4n) is 3.29. The van der Waals surface area contributed by atoms with Gasteiger partial charge < -0.3 is 9.88 Å². The summed E-state index contributed by atoms with van der Waals surface area (Å²) in [5, 5.41) is 7.08. The Kier molecular flexibility index (Phi) is 5.20. The molecular formula is C22H21N5O2. The lowest BCUT2D eigenvalue weighted by Crippen LogP contribution is -2.29. The average Bonchev–Trinajstić information content (AvgIpc) is 3.07. The van der Waals surface area contributed by atoms with Crippen molar-refractivity contribution in [3.8, 4) is 5.69 Å². The average molecular weight is 387 g/mol. The number of aromatic nitrogens is 4. The first-order valence-electron chi connectivity index (χ1n) is 9.49. The Morgan fingerprint density at radius 1 is 1.00 bits per heavy atom. The van der Waals surface area contributed by atoms with Crippen molar-refractivity contribution in [2.75, 3.05) is 6.54 Å². The Balaban J connectivity index is 1.40. The summed E-state index contributed by atoms with van der Waals surface area (Å²) in [6.45, 7) is 3.23. The summed E-state index contributed by atoms with van der Waals surface area (Å²) >= 11 is 0. The maximum Gasteiger partial charge on any atom is 0.271 e. The van der Waals surface area contributed by atoms with Gasteiger partial charge >= 0.3 is 0 Å². The Labute approximate surface area is 167 Å². The van der Waals surface area contributed by atoms with E-state index in [9.17, 15) is 9.59 Å². The van der Waals surface area contributed by atoms with Crippen molar-refractivity contribution in [2.24, 2.45) is 0 Å². The molecule has 0 saturated heterocycles. The molecule has 0 radical (unpaired) electrons. The van der Waals surface area contributed by atoms with Crippen molar-refractivity contribution < 1.29 is 4.79 Å². The van der Waals surface area contributed by atoms with Gasteiger partial charge in [-0.15, -0.1) is 0 Å². The van der Waals surface area contributed by atoms with Crippen LogP contribution in [0, 0.1) is 6.92 Å². The SMILES string of the molecule is Cc1nc2ccccc2n1CCCNC(=O)c1ccc(=O)n(-c2ccccc2)n1. The van der Waals surface area contributed by atoms with Gasteiger partial charge in [0.1, 0.15) is 11.5 Å². The van der Waals surface area contributed by atoms with Gasteiger partial charge in [-0.2, -0.15) is 9.78 Å². The summed E-state index contributed by atoms with van der Waals surface area (Å²) < 4.78 is 3.38. The standard InChI is InChI=1S/C22H21N5O2/c1-16-24-18-10-5-6-11-20(18)26(16)15-7-14-23-22(29)19-12-13-21(28)27(25-19)17-8-3-2-4-9-17/h2-6,8-13H,7,14-15H2,1H3,(H,23,29). The molecule has 0 atom stereocenters. The van der Waals surface area contributed by atoms with Gasteiger partial charge in [-0.1, -0.05) is 30.3 Å². The molecule has 1 N–H and O–H groups in total. The quantitative estimate of drug-likeness (QED) is 0.516. The maximum atomic E-state index is 12.5. The molecule has 146 valence electrons. The second-order valence-corrected chi connectivity index (χ2v) is 6.71. The van der Waals surface area contributed by atoms with E-state index in [1.54, 1.807) is 12.1 Å². The van der Waals surface area contributed by atoms with Gasteiger partial charge in [-0.3, -0.25) is 9.59 Å². The summed E-state index contributed by atoms with van der Waals surface area (Å²) in [5.74, 6) is 0.649. The predicted molar refractivity (Wildman–Crippen MR) is 111 cm³/mol. The molecule has 2 heterocycles. The van der Waals surface area contributed by atoms with E-state index in [1.165, 1.54) is 16.8 Å². The molecule has 7 nitrogen and oxygen atoms in total. The van der Waals surface area contributed by atoms with Gasteiger partial charge in [0.25, 0.3) is 11.5 Å². The molecule has 7 heteroatoms. The van der Waals surface area contributed by atoms with Crippen molar-refractivity contribution in [3.05, 3.63) is 88.6 Å². The first-order chi connectivity index (χ1) is 14.1. The fourth-order valence-corrected chi connectivity index (χ4v) is 3.29. The number of amides is 1. The molecule has 0 saturated carbocycles. The van der Waals surface area contributed by atoms with Crippen LogP contribution in [-0.4, -0.2) is 31.8 Å². The van der Waals surface area contributed by atoms with Gasteiger partial charge in [0.2, 0.25) is 0 Å². The maximum absolute atomic E-state index is 12.5. The lowest BCUT2D eigenvalue weighted by molar-refractivity contribution is 0.0946. The Hall–Kier alpha value is -3.74. The first kappa shape index (κ1) is 18.6. The van der Waals surface area contributed by atoms with Gasteiger partial charge in [-0.05, 0) is 43.7 Å². The van der Waals surface area contributed by atoms with E-state index >= 15 is 0 Å². The highest BCUT2D eigenvalue weighted by Gasteiger charge is 2.11. The van der Waals surface area contributed by atoms with Crippen LogP contribution >= 0.6 is 0 Å². The van der Waals surface area contributed by atoms with E-state index < -0.39 is 0 Å². The molecule has 0 bridgehead atoms. The van der Waals surface area contributed by atoms with E-state index in [4.69, 9.17) is 0 Å². The van der Waals surface area contributed by atoms with Crippen LogP contribution in [0.15, 0.2) is 71.5 Å². The molecular weight excluding hydrogens is 366 g/mol. The summed E-state index contributed by atoms with van der Waals surface area (Å²) in [6, 6.07) is 19.9. The van der Waals surface area contributed by atoms with Crippen LogP contribution < -0.4 is 10.9 Å². The number of rotatable bonds is 6. The van der Waals surface area contributed by atoms with Crippen molar-refractivity contribution in [1.29, 1.82) is 0 Å². The molecule has 0 spiro atoms. The van der Waals surface area contributed by atoms with Crippen molar-refractivity contribution in [2.45, 2.75) is 19.9 Å². The monoisotopic (exact) mass is 387 g/mol. The minimum atomic E-state index is -0.304. The lowest BCUT2D eigenvalue weighted by Gasteiger charge is -2.09. The van der Waals surface area contributed by atoms with Gasteiger partial charge in [0.15, 0.2) is 0 Å². The first-order valence-corrected chi connectivity index (χ1v) is 9.49. The highest BCUT2D eigenvalue weighted by atomic mass is 16.2. The molecule has 0 aliphatic carbocycles. The van der Waals surface area contributed by atoms with Crippen molar-refractivity contribution in [1.82, 2.24) is 24.6 Å². The van der Waals surface area contributed by atoms with E-state index in [0.29, 0.717) is 12.2 Å². The highest BCUT2D eigenvalue weighted by Crippen LogP contribution is 2.15. The Bertz CT molecular complexity index is 1210. The third-order valence-electron chi connectivity index (χ3n) is 4.72. The Morgan fingerprint density at radius 3 is 2.59 bits per heavy atom. The van der Waals surface area contributed by atoms with Crippen LogP contribution in [0.1, 0.15) is 22.7 Å². The van der Waals surface area contributed by atoms with Crippen LogP contribution in [0.4, 0.5) is 0 Å². The highest BCUT2D eigenvalue weighted by molar-refractivity contribution is 5.92. The zero-order valence-electron chi connectivity index (χ0n) is 16.1. The van der Waals surface area contributed by atoms with Crippen molar-refractivity contribution in [3.63, 3.8) is 0 Å². The van der Waals surface area contributed by atoms with Gasteiger partial charge in [0, 0.05) is 19.2 Å².